The van der Waals surface area contributed by atoms with Crippen LogP contribution in [0.5, 0.6) is 0 Å². The predicted molar refractivity (Wildman–Crippen MR) is 75.9 cm³/mol. The second-order valence-corrected chi connectivity index (χ2v) is 5.58. The molecule has 0 fully saturated rings. The lowest BCUT2D eigenvalue weighted by Crippen LogP contribution is -2.53. The van der Waals surface area contributed by atoms with Crippen molar-refractivity contribution in [2.75, 3.05) is 24.9 Å². The average molecular weight is 295 g/mol. The van der Waals surface area contributed by atoms with Crippen LogP contribution in [0.4, 0.5) is 5.88 Å². The minimum atomic E-state index is -0.250. The summed E-state index contributed by atoms with van der Waals surface area (Å²) in [6, 6.07) is 0. The van der Waals surface area contributed by atoms with Gasteiger partial charge in [0, 0.05) is 11.4 Å². The minimum Gasteiger partial charge on any atom is -0.861 e. The van der Waals surface area contributed by atoms with Crippen molar-refractivity contribution in [3.63, 3.8) is 0 Å². The van der Waals surface area contributed by atoms with Gasteiger partial charge in [-0.1, -0.05) is 6.08 Å². The number of rotatable bonds is 5. The fourth-order valence-electron chi connectivity index (χ4n) is 1.53. The highest BCUT2D eigenvalue weighted by atomic mass is 32.2. The summed E-state index contributed by atoms with van der Waals surface area (Å²) < 4.78 is 4.94. The summed E-state index contributed by atoms with van der Waals surface area (Å²) in [4.78, 5) is 6.45. The molecule has 0 aromatic carbocycles. The molecule has 0 atom stereocenters. The third kappa shape index (κ3) is 4.02. The van der Waals surface area contributed by atoms with E-state index in [-0.39, 0.29) is 17.5 Å². The standard InChI is InChI=1S/C12H17N5O2S/c1-16(2)17-7-12(19-15-17)14-11(18)8-20-10-5-3-9(13)4-6-10/h3,5,7H,4,6,8,13H2,1-2H3. The Kier molecular flexibility index (Phi) is 4.67. The van der Waals surface area contributed by atoms with E-state index in [2.05, 4.69) is 10.3 Å². The predicted octanol–water partition coefficient (Wildman–Crippen LogP) is -0.197. The molecule has 0 unspecified atom stereocenters. The monoisotopic (exact) mass is 295 g/mol. The fourth-order valence-corrected chi connectivity index (χ4v) is 2.32. The Morgan fingerprint density at radius 3 is 2.95 bits per heavy atom. The lowest BCUT2D eigenvalue weighted by Gasteiger charge is -2.13. The first-order chi connectivity index (χ1) is 9.54. The normalized spacial score (nSPS) is 15.8. The largest absolute Gasteiger partial charge is 0.861 e. The molecular weight excluding hydrogens is 278 g/mol. The van der Waals surface area contributed by atoms with Gasteiger partial charge >= 0.3 is 5.88 Å². The highest BCUT2D eigenvalue weighted by molar-refractivity contribution is 8.03. The van der Waals surface area contributed by atoms with Crippen LogP contribution < -0.4 is 20.6 Å². The molecule has 108 valence electrons. The summed E-state index contributed by atoms with van der Waals surface area (Å²) >= 11 is 1.48. The molecule has 1 heterocycles. The van der Waals surface area contributed by atoms with Crippen molar-refractivity contribution in [2.24, 2.45) is 10.7 Å². The zero-order chi connectivity index (χ0) is 14.5. The Labute approximate surface area is 121 Å². The van der Waals surface area contributed by atoms with E-state index in [1.54, 1.807) is 25.3 Å². The van der Waals surface area contributed by atoms with Gasteiger partial charge in [0.15, 0.2) is 0 Å². The summed E-state index contributed by atoms with van der Waals surface area (Å²) in [6.45, 7) is 0. The van der Waals surface area contributed by atoms with E-state index in [4.69, 9.17) is 10.3 Å². The summed E-state index contributed by atoms with van der Waals surface area (Å²) in [5.41, 5.74) is 6.55. The zero-order valence-electron chi connectivity index (χ0n) is 11.4. The van der Waals surface area contributed by atoms with Crippen molar-refractivity contribution in [1.82, 2.24) is 5.27 Å². The molecule has 1 aliphatic carbocycles. The first kappa shape index (κ1) is 14.4. The van der Waals surface area contributed by atoms with Gasteiger partial charge in [0.1, 0.15) is 0 Å². The van der Waals surface area contributed by atoms with Crippen LogP contribution in [0.2, 0.25) is 0 Å². The van der Waals surface area contributed by atoms with Gasteiger partial charge in [-0.2, -0.15) is 5.01 Å². The second-order valence-electron chi connectivity index (χ2n) is 4.48. The molecule has 8 heteroatoms. The van der Waals surface area contributed by atoms with Crippen molar-refractivity contribution in [2.45, 2.75) is 12.8 Å². The summed E-state index contributed by atoms with van der Waals surface area (Å²) in [5.74, 6) is 0.231. The van der Waals surface area contributed by atoms with Gasteiger partial charge in [0.2, 0.25) is 5.27 Å². The van der Waals surface area contributed by atoms with Crippen molar-refractivity contribution in [3.8, 4) is 0 Å². The van der Waals surface area contributed by atoms with E-state index in [0.717, 1.165) is 23.4 Å². The highest BCUT2D eigenvalue weighted by Gasteiger charge is 2.12. The summed E-state index contributed by atoms with van der Waals surface area (Å²) in [5, 5.41) is 17.1. The minimum absolute atomic E-state index is 0.200. The number of hydrogen-bond donors (Lipinski definition) is 1. The quantitative estimate of drug-likeness (QED) is 0.459. The first-order valence-corrected chi connectivity index (χ1v) is 7.12. The van der Waals surface area contributed by atoms with Crippen LogP contribution in [0.25, 0.3) is 0 Å². The van der Waals surface area contributed by atoms with Gasteiger partial charge in [-0.15, -0.1) is 11.8 Å². The maximum Gasteiger partial charge on any atom is 0.324 e. The number of aliphatic imine (C=N–C) groups is 1. The topological polar surface area (TPSA) is 94.6 Å². The molecule has 0 saturated carbocycles. The van der Waals surface area contributed by atoms with E-state index < -0.39 is 0 Å². The molecule has 0 bridgehead atoms. The van der Waals surface area contributed by atoms with Gasteiger partial charge in [0.05, 0.1) is 18.9 Å². The zero-order valence-corrected chi connectivity index (χ0v) is 12.3. The van der Waals surface area contributed by atoms with Crippen LogP contribution in [-0.2, 0) is 0 Å². The lowest BCUT2D eigenvalue weighted by molar-refractivity contribution is -0.753. The van der Waals surface area contributed by atoms with Crippen LogP contribution in [0.15, 0.2) is 38.5 Å². The fraction of sp³-hybridized carbons (Fsp3) is 0.417. The van der Waals surface area contributed by atoms with Crippen molar-refractivity contribution >= 4 is 23.5 Å². The van der Waals surface area contributed by atoms with Crippen molar-refractivity contribution in [1.29, 1.82) is 0 Å². The third-order valence-corrected chi connectivity index (χ3v) is 3.72. The molecule has 1 aliphatic rings. The number of nitrogens with two attached hydrogens (primary N) is 1. The third-order valence-electron chi connectivity index (χ3n) is 2.61. The Hall–Kier alpha value is -1.96. The van der Waals surface area contributed by atoms with Crippen LogP contribution in [0.3, 0.4) is 0 Å². The maximum absolute atomic E-state index is 11.7. The highest BCUT2D eigenvalue weighted by Crippen LogP contribution is 2.25. The molecule has 0 radical (unpaired) electrons. The Morgan fingerprint density at radius 2 is 2.35 bits per heavy atom. The van der Waals surface area contributed by atoms with E-state index in [9.17, 15) is 5.11 Å². The molecule has 0 amide bonds. The van der Waals surface area contributed by atoms with Crippen molar-refractivity contribution < 1.29 is 14.4 Å². The van der Waals surface area contributed by atoms with Crippen molar-refractivity contribution in [3.05, 3.63) is 29.0 Å². The van der Waals surface area contributed by atoms with Gasteiger partial charge < -0.3 is 10.8 Å². The lowest BCUT2D eigenvalue weighted by atomic mass is 10.1. The van der Waals surface area contributed by atoms with Crippen LogP contribution in [0.1, 0.15) is 12.8 Å². The Morgan fingerprint density at radius 1 is 1.55 bits per heavy atom. The molecular formula is C12H17N5O2S. The van der Waals surface area contributed by atoms with Gasteiger partial charge in [-0.25, -0.2) is 4.99 Å². The molecule has 7 nitrogen and oxygen atoms in total. The van der Waals surface area contributed by atoms with Crippen LogP contribution in [0, 0.1) is 0 Å². The van der Waals surface area contributed by atoms with Crippen LogP contribution >= 0.6 is 11.8 Å². The summed E-state index contributed by atoms with van der Waals surface area (Å²) in [6.07, 6.45) is 7.10. The molecule has 20 heavy (non-hydrogen) atoms. The number of hydrogen-bond acceptors (Lipinski definition) is 7. The second kappa shape index (κ2) is 6.47. The number of aromatic nitrogens is 2. The van der Waals surface area contributed by atoms with E-state index in [1.165, 1.54) is 16.6 Å². The molecule has 0 spiro atoms. The molecule has 1 aromatic rings. The van der Waals surface area contributed by atoms with Gasteiger partial charge in [0.25, 0.3) is 6.20 Å². The van der Waals surface area contributed by atoms with E-state index in [0.29, 0.717) is 0 Å². The summed E-state index contributed by atoms with van der Waals surface area (Å²) in [7, 11) is 3.61. The Balaban J connectivity index is 1.90. The first-order valence-electron chi connectivity index (χ1n) is 6.13. The molecule has 2 rings (SSSR count). The SMILES string of the molecule is CN(C)[n+]1cc(/N=C(\[O-])CSC2=CC=C(N)CC2)on1. The van der Waals surface area contributed by atoms with Crippen LogP contribution in [-0.4, -0.2) is 31.0 Å². The van der Waals surface area contributed by atoms with E-state index in [1.807, 2.05) is 12.2 Å². The molecule has 2 N–H and O–H groups in total. The molecule has 1 aromatic heterocycles. The number of allylic oxidation sites excluding steroid dienone is 4. The van der Waals surface area contributed by atoms with Gasteiger partial charge in [-0.05, 0) is 29.7 Å². The van der Waals surface area contributed by atoms with Gasteiger partial charge in [-0.3, -0.25) is 4.52 Å². The molecule has 0 saturated heterocycles. The average Bonchev–Trinajstić information content (AvgIpc) is 2.87. The smallest absolute Gasteiger partial charge is 0.324 e. The number of nitrogens with zero attached hydrogens (tertiary/aromatic N) is 4. The Bertz CT molecular complexity index is 562. The molecule has 0 aliphatic heterocycles. The maximum atomic E-state index is 11.7. The van der Waals surface area contributed by atoms with E-state index >= 15 is 0 Å². The number of thioether (sulfide) groups is 1.